The number of hydrogen-bond donors (Lipinski definition) is 8. The fourth-order valence-corrected chi connectivity index (χ4v) is 7.57. The van der Waals surface area contributed by atoms with Crippen molar-refractivity contribution >= 4 is 93.2 Å². The van der Waals surface area contributed by atoms with Crippen molar-refractivity contribution in [1.29, 1.82) is 0 Å². The molecular formula is C48H72N8O13S2. The Labute approximate surface area is 426 Å². The number of hydroxylamine groups is 6. The monoisotopic (exact) mass is 1030 g/mol. The summed E-state index contributed by atoms with van der Waals surface area (Å²) in [5.74, 6) is -4.31. The van der Waals surface area contributed by atoms with Gasteiger partial charge in [-0.2, -0.15) is 0 Å². The molecule has 1 aromatic rings. The highest BCUT2D eigenvalue weighted by atomic mass is 32.1. The smallest absolute Gasteiger partial charge is 0.326 e. The molecule has 1 heterocycles. The van der Waals surface area contributed by atoms with Gasteiger partial charge in [0, 0.05) is 109 Å². The van der Waals surface area contributed by atoms with Gasteiger partial charge in [0.05, 0.1) is 0 Å². The van der Waals surface area contributed by atoms with Crippen LogP contribution in [0.25, 0.3) is 0 Å². The van der Waals surface area contributed by atoms with Gasteiger partial charge in [-0.15, -0.1) is 0 Å². The molecule has 71 heavy (non-hydrogen) atoms. The number of rotatable bonds is 38. The molecule has 1 aromatic carbocycles. The van der Waals surface area contributed by atoms with Gasteiger partial charge in [0.2, 0.25) is 29.5 Å². The van der Waals surface area contributed by atoms with Crippen LogP contribution in [0.3, 0.4) is 0 Å². The number of nitrogens with one attached hydrogen (secondary N) is 4. The number of carbonyl (C=O) groups excluding carboxylic acids is 8. The highest BCUT2D eigenvalue weighted by molar-refractivity contribution is 7.80. The van der Waals surface area contributed by atoms with Crippen LogP contribution in [0.4, 0.5) is 5.69 Å². The molecule has 0 aliphatic carbocycles. The van der Waals surface area contributed by atoms with E-state index in [2.05, 4.69) is 21.3 Å². The van der Waals surface area contributed by atoms with Gasteiger partial charge in [0.1, 0.15) is 11.8 Å². The van der Waals surface area contributed by atoms with Gasteiger partial charge in [-0.25, -0.2) is 20.0 Å². The van der Waals surface area contributed by atoms with Crippen molar-refractivity contribution in [2.45, 2.75) is 148 Å². The van der Waals surface area contributed by atoms with E-state index in [9.17, 15) is 63.9 Å². The number of hydrogen-bond acceptors (Lipinski definition) is 14. The number of carboxylic acid groups (broad SMARTS) is 1. The number of Topliss-reactive ketones (excluding diaryl/α,β-unsaturated/α-hetero) is 1. The zero-order valence-electron chi connectivity index (χ0n) is 40.7. The molecule has 0 saturated carbocycles. The van der Waals surface area contributed by atoms with Gasteiger partial charge in [0.15, 0.2) is 5.11 Å². The summed E-state index contributed by atoms with van der Waals surface area (Å²) in [5, 5.41) is 52.8. The topological polar surface area (TPSA) is 296 Å². The van der Waals surface area contributed by atoms with E-state index < -0.39 is 47.5 Å². The number of nitrogens with zero attached hydrogens (tertiary/aromatic N) is 4. The Hall–Kier alpha value is -5.75. The maximum absolute atomic E-state index is 12.5. The lowest BCUT2D eigenvalue weighted by Crippen LogP contribution is -2.41. The molecule has 1 atom stereocenters. The SMILES string of the molecule is CC(=O)N(O)CCCCCNC(=O)CCC(=O)N(O)CCCCCCC(=O)CCC(=O)N(O)CCCCCNC(=S)Nc1ccc(CC(=S)CCC(=O)N[C@@H](CCCCN2C(=O)C=CC2=O)C(=O)O)cc1. The van der Waals surface area contributed by atoms with E-state index in [1.54, 1.807) is 0 Å². The van der Waals surface area contributed by atoms with Gasteiger partial charge in [-0.3, -0.25) is 58.9 Å². The number of carboxylic acids is 1. The molecule has 0 fully saturated rings. The summed E-state index contributed by atoms with van der Waals surface area (Å²) in [5.41, 5.74) is 1.68. The first-order chi connectivity index (χ1) is 33.9. The summed E-state index contributed by atoms with van der Waals surface area (Å²) in [7, 11) is 0. The zero-order valence-corrected chi connectivity index (χ0v) is 42.3. The second kappa shape index (κ2) is 35.4. The third-order valence-electron chi connectivity index (χ3n) is 11.3. The van der Waals surface area contributed by atoms with E-state index in [1.807, 2.05) is 24.3 Å². The van der Waals surface area contributed by atoms with Crippen LogP contribution in [-0.2, 0) is 49.6 Å². The van der Waals surface area contributed by atoms with E-state index in [-0.39, 0.29) is 82.8 Å². The molecule has 21 nitrogen and oxygen atoms in total. The molecule has 0 spiro atoms. The minimum Gasteiger partial charge on any atom is -0.480 e. The second-order valence-electron chi connectivity index (χ2n) is 17.3. The molecule has 0 unspecified atom stereocenters. The Balaban J connectivity index is 1.47. The number of unbranched alkanes of at least 4 members (excludes halogenated alkanes) is 8. The third kappa shape index (κ3) is 28.0. The van der Waals surface area contributed by atoms with Crippen LogP contribution in [0.5, 0.6) is 0 Å². The maximum atomic E-state index is 12.5. The summed E-state index contributed by atoms with van der Waals surface area (Å²) >= 11 is 10.9. The molecule has 394 valence electrons. The van der Waals surface area contributed by atoms with Crippen molar-refractivity contribution in [2.75, 3.05) is 44.6 Å². The van der Waals surface area contributed by atoms with Crippen LogP contribution in [-0.4, -0.2) is 149 Å². The van der Waals surface area contributed by atoms with Gasteiger partial charge in [0.25, 0.3) is 11.8 Å². The number of imide groups is 1. The molecule has 0 radical (unpaired) electrons. The normalized spacial score (nSPS) is 12.3. The summed E-state index contributed by atoms with van der Waals surface area (Å²) in [6.07, 6.45) is 10.5. The van der Waals surface area contributed by atoms with Gasteiger partial charge in [-0.1, -0.05) is 37.2 Å². The molecule has 7 amide bonds. The van der Waals surface area contributed by atoms with E-state index >= 15 is 0 Å². The lowest BCUT2D eigenvalue weighted by Gasteiger charge is -2.16. The standard InChI is InChI=1S/C48H72N8O13S2/c1-35(57)54(67)31-11-4-8-28-49-41(59)23-25-46(64)56(69)32-10-3-2-6-14-38(58)20-24-45(63)55(68)33-12-5-9-29-50-48(71)51-37-18-16-36(17-19-37)34-39(70)21-22-42(60)52-40(47(65)66)15-7-13-30-53-43(61)26-27-44(53)62/h16-19,26-27,40,67-69H,2-15,20-25,28-34H2,1H3,(H,49,59)(H,52,60)(H,65,66)(H2,50,51,71)/t40-/m0/s1. The molecule has 0 saturated heterocycles. The van der Waals surface area contributed by atoms with Crippen molar-refractivity contribution in [3.05, 3.63) is 42.0 Å². The van der Waals surface area contributed by atoms with Crippen LogP contribution >= 0.6 is 24.4 Å². The van der Waals surface area contributed by atoms with E-state index in [0.29, 0.717) is 122 Å². The molecule has 8 N–H and O–H groups in total. The molecular weight excluding hydrogens is 961 g/mol. The van der Waals surface area contributed by atoms with Crippen molar-refractivity contribution in [3.63, 3.8) is 0 Å². The average molecular weight is 1030 g/mol. The fraction of sp³-hybridized carbons (Fsp3) is 0.604. The molecule has 0 aromatic heterocycles. The van der Waals surface area contributed by atoms with E-state index in [0.717, 1.165) is 22.6 Å². The van der Waals surface area contributed by atoms with E-state index in [4.69, 9.17) is 24.4 Å². The highest BCUT2D eigenvalue weighted by Crippen LogP contribution is 2.14. The van der Waals surface area contributed by atoms with Crippen LogP contribution < -0.4 is 21.3 Å². The molecule has 0 bridgehead atoms. The first kappa shape index (κ1) is 61.4. The van der Waals surface area contributed by atoms with Crippen LogP contribution in [0.1, 0.15) is 141 Å². The largest absolute Gasteiger partial charge is 0.480 e. The number of aliphatic carboxylic acids is 1. The quantitative estimate of drug-likeness (QED) is 0.0148. The summed E-state index contributed by atoms with van der Waals surface area (Å²) < 4.78 is 0. The Morgan fingerprint density at radius 1 is 0.606 bits per heavy atom. The molecule has 23 heteroatoms. The molecule has 2 rings (SSSR count). The number of thiocarbonyl (C=S) groups is 2. The van der Waals surface area contributed by atoms with Crippen LogP contribution in [0.2, 0.25) is 0 Å². The minimum absolute atomic E-state index is 0.0218. The maximum Gasteiger partial charge on any atom is 0.326 e. The zero-order chi connectivity index (χ0) is 52.6. The number of carbonyl (C=O) groups is 9. The van der Waals surface area contributed by atoms with Crippen LogP contribution in [0.15, 0.2) is 36.4 Å². The molecule has 1 aliphatic heterocycles. The van der Waals surface area contributed by atoms with Gasteiger partial charge < -0.3 is 26.4 Å². The average Bonchev–Trinajstić information content (AvgIpc) is 3.66. The minimum atomic E-state index is -1.17. The van der Waals surface area contributed by atoms with Crippen LogP contribution in [0, 0.1) is 0 Å². The Morgan fingerprint density at radius 3 is 1.73 bits per heavy atom. The first-order valence-corrected chi connectivity index (χ1v) is 25.1. The summed E-state index contributed by atoms with van der Waals surface area (Å²) in [4.78, 5) is 109. The van der Waals surface area contributed by atoms with Crippen molar-refractivity contribution < 1.29 is 63.9 Å². The third-order valence-corrected chi connectivity index (χ3v) is 11.9. The van der Waals surface area contributed by atoms with Gasteiger partial charge in [-0.05, 0) is 112 Å². The lowest BCUT2D eigenvalue weighted by atomic mass is 10.1. The molecule has 1 aliphatic rings. The number of benzene rings is 1. The van der Waals surface area contributed by atoms with Gasteiger partial charge >= 0.3 is 5.97 Å². The summed E-state index contributed by atoms with van der Waals surface area (Å²) in [6, 6.07) is 6.36. The highest BCUT2D eigenvalue weighted by Gasteiger charge is 2.24. The number of amides is 7. The van der Waals surface area contributed by atoms with E-state index in [1.165, 1.54) is 19.1 Å². The Bertz CT molecular complexity index is 1970. The first-order valence-electron chi connectivity index (χ1n) is 24.3. The Morgan fingerprint density at radius 2 is 1.14 bits per heavy atom. The predicted molar refractivity (Wildman–Crippen MR) is 269 cm³/mol. The summed E-state index contributed by atoms with van der Waals surface area (Å²) in [6.45, 7) is 2.86. The Kier molecular flexibility index (Phi) is 30.6. The van der Waals surface area contributed by atoms with Crippen molar-refractivity contribution in [1.82, 2.24) is 36.0 Å². The van der Waals surface area contributed by atoms with Crippen molar-refractivity contribution in [3.8, 4) is 0 Å². The predicted octanol–water partition coefficient (Wildman–Crippen LogP) is 4.54. The number of ketones is 1. The number of anilines is 1. The lowest BCUT2D eigenvalue weighted by molar-refractivity contribution is -0.166. The van der Waals surface area contributed by atoms with Crippen molar-refractivity contribution in [2.24, 2.45) is 0 Å². The fourth-order valence-electron chi connectivity index (χ4n) is 7.08. The second-order valence-corrected chi connectivity index (χ2v) is 18.2.